The second-order valence-electron chi connectivity index (χ2n) is 3.06. The van der Waals surface area contributed by atoms with Gasteiger partial charge in [0.1, 0.15) is 12.1 Å². The summed E-state index contributed by atoms with van der Waals surface area (Å²) in [6.07, 6.45) is 0. The van der Waals surface area contributed by atoms with Gasteiger partial charge in [-0.1, -0.05) is 11.6 Å². The fourth-order valence-corrected chi connectivity index (χ4v) is 1.42. The number of oxazole rings is 1. The van der Waals surface area contributed by atoms with Crippen molar-refractivity contribution in [1.29, 1.82) is 0 Å². The molecule has 2 N–H and O–H groups in total. The van der Waals surface area contributed by atoms with E-state index in [0.717, 1.165) is 5.52 Å². The number of benzene rings is 1. The van der Waals surface area contributed by atoms with Gasteiger partial charge in [-0.05, 0) is 18.2 Å². The summed E-state index contributed by atoms with van der Waals surface area (Å²) in [5, 5.41) is 0.644. The zero-order valence-corrected chi connectivity index (χ0v) is 8.83. The van der Waals surface area contributed by atoms with Crippen molar-refractivity contribution < 1.29 is 9.15 Å². The third kappa shape index (κ3) is 2.47. The maximum absolute atomic E-state index is 5.83. The van der Waals surface area contributed by atoms with E-state index in [1.807, 2.05) is 0 Å². The van der Waals surface area contributed by atoms with Gasteiger partial charge >= 0.3 is 0 Å². The fourth-order valence-electron chi connectivity index (χ4n) is 1.25. The molecular weight excluding hydrogens is 216 g/mol. The molecule has 2 aromatic rings. The molecule has 15 heavy (non-hydrogen) atoms. The van der Waals surface area contributed by atoms with Gasteiger partial charge < -0.3 is 14.9 Å². The van der Waals surface area contributed by atoms with Crippen LogP contribution in [0.1, 0.15) is 5.89 Å². The van der Waals surface area contributed by atoms with Gasteiger partial charge in [0.15, 0.2) is 5.58 Å². The van der Waals surface area contributed by atoms with Crippen molar-refractivity contribution in [3.63, 3.8) is 0 Å². The Balaban J connectivity index is 2.16. The van der Waals surface area contributed by atoms with Crippen LogP contribution < -0.4 is 5.73 Å². The average Bonchev–Trinajstić information content (AvgIpc) is 2.60. The Morgan fingerprint density at radius 1 is 1.47 bits per heavy atom. The fraction of sp³-hybridized carbons (Fsp3) is 0.300. The lowest BCUT2D eigenvalue weighted by molar-refractivity contribution is 0.110. The highest BCUT2D eigenvalue weighted by molar-refractivity contribution is 6.31. The van der Waals surface area contributed by atoms with Crippen molar-refractivity contribution in [3.8, 4) is 0 Å². The van der Waals surface area contributed by atoms with Gasteiger partial charge in [0.25, 0.3) is 0 Å². The van der Waals surface area contributed by atoms with E-state index in [-0.39, 0.29) is 0 Å². The number of fused-ring (bicyclic) bond motifs is 1. The zero-order valence-electron chi connectivity index (χ0n) is 8.07. The SMILES string of the molecule is NCCOCc1nc2cc(Cl)ccc2o1. The van der Waals surface area contributed by atoms with Crippen molar-refractivity contribution in [2.45, 2.75) is 6.61 Å². The standard InChI is InChI=1S/C10H11ClN2O2/c11-7-1-2-9-8(5-7)13-10(15-9)6-14-4-3-12/h1-2,5H,3-4,6,12H2. The van der Waals surface area contributed by atoms with Crippen LogP contribution in [0.4, 0.5) is 0 Å². The van der Waals surface area contributed by atoms with E-state index in [4.69, 9.17) is 26.5 Å². The number of halogens is 1. The summed E-state index contributed by atoms with van der Waals surface area (Å²) >= 11 is 5.83. The summed E-state index contributed by atoms with van der Waals surface area (Å²) in [5.41, 5.74) is 6.75. The Hall–Kier alpha value is -1.10. The Labute approximate surface area is 92.0 Å². The summed E-state index contributed by atoms with van der Waals surface area (Å²) in [5.74, 6) is 0.542. The highest BCUT2D eigenvalue weighted by atomic mass is 35.5. The molecule has 0 unspecified atom stereocenters. The lowest BCUT2D eigenvalue weighted by Gasteiger charge is -1.96. The van der Waals surface area contributed by atoms with Gasteiger partial charge in [-0.3, -0.25) is 0 Å². The molecule has 0 saturated heterocycles. The zero-order chi connectivity index (χ0) is 10.7. The van der Waals surface area contributed by atoms with Crippen LogP contribution in [-0.4, -0.2) is 18.1 Å². The molecule has 0 spiro atoms. The number of ether oxygens (including phenoxy) is 1. The van der Waals surface area contributed by atoms with E-state index in [1.54, 1.807) is 18.2 Å². The van der Waals surface area contributed by atoms with Crippen LogP contribution in [0, 0.1) is 0 Å². The minimum absolute atomic E-state index is 0.337. The summed E-state index contributed by atoms with van der Waals surface area (Å²) in [7, 11) is 0. The quantitative estimate of drug-likeness (QED) is 0.810. The van der Waals surface area contributed by atoms with Crippen LogP contribution >= 0.6 is 11.6 Å². The number of aromatic nitrogens is 1. The van der Waals surface area contributed by atoms with Crippen molar-refractivity contribution in [2.75, 3.05) is 13.2 Å². The van der Waals surface area contributed by atoms with E-state index in [2.05, 4.69) is 4.98 Å². The molecule has 5 heteroatoms. The monoisotopic (exact) mass is 226 g/mol. The van der Waals surface area contributed by atoms with E-state index >= 15 is 0 Å². The first-order valence-electron chi connectivity index (χ1n) is 4.62. The summed E-state index contributed by atoms with van der Waals surface area (Å²) < 4.78 is 10.6. The van der Waals surface area contributed by atoms with Gasteiger partial charge in [-0.15, -0.1) is 0 Å². The van der Waals surface area contributed by atoms with Gasteiger partial charge in [0, 0.05) is 11.6 Å². The third-order valence-electron chi connectivity index (χ3n) is 1.88. The smallest absolute Gasteiger partial charge is 0.221 e. The Bertz CT molecular complexity index is 456. The molecular formula is C10H11ClN2O2. The molecule has 0 amide bonds. The second-order valence-corrected chi connectivity index (χ2v) is 3.50. The highest BCUT2D eigenvalue weighted by Crippen LogP contribution is 2.20. The third-order valence-corrected chi connectivity index (χ3v) is 2.12. The van der Waals surface area contributed by atoms with E-state index < -0.39 is 0 Å². The molecule has 4 nitrogen and oxygen atoms in total. The van der Waals surface area contributed by atoms with Crippen molar-refractivity contribution >= 4 is 22.7 Å². The maximum atomic E-state index is 5.83. The van der Waals surface area contributed by atoms with Crippen molar-refractivity contribution in [2.24, 2.45) is 5.73 Å². The van der Waals surface area contributed by atoms with Crippen molar-refractivity contribution in [3.05, 3.63) is 29.1 Å². The predicted molar refractivity (Wildman–Crippen MR) is 57.7 cm³/mol. The number of hydrogen-bond donors (Lipinski definition) is 1. The van der Waals surface area contributed by atoms with E-state index in [0.29, 0.717) is 36.3 Å². The maximum Gasteiger partial charge on any atom is 0.221 e. The molecule has 0 fully saturated rings. The molecule has 0 aliphatic heterocycles. The largest absolute Gasteiger partial charge is 0.438 e. The molecule has 0 bridgehead atoms. The topological polar surface area (TPSA) is 61.3 Å². The molecule has 0 aliphatic carbocycles. The average molecular weight is 227 g/mol. The number of nitrogens with zero attached hydrogens (tertiary/aromatic N) is 1. The highest BCUT2D eigenvalue weighted by Gasteiger charge is 2.05. The molecule has 0 aliphatic rings. The van der Waals surface area contributed by atoms with Crippen LogP contribution in [0.5, 0.6) is 0 Å². The van der Waals surface area contributed by atoms with Crippen LogP contribution in [0.2, 0.25) is 5.02 Å². The summed E-state index contributed by atoms with van der Waals surface area (Å²) in [4.78, 5) is 4.23. The van der Waals surface area contributed by atoms with Gasteiger partial charge in [0.05, 0.1) is 6.61 Å². The second kappa shape index (κ2) is 4.61. The van der Waals surface area contributed by atoms with Gasteiger partial charge in [-0.25, -0.2) is 4.98 Å². The molecule has 1 aromatic carbocycles. The van der Waals surface area contributed by atoms with Gasteiger partial charge in [-0.2, -0.15) is 0 Å². The Morgan fingerprint density at radius 2 is 2.33 bits per heavy atom. The lowest BCUT2D eigenvalue weighted by Crippen LogP contribution is -2.08. The first kappa shape index (κ1) is 10.4. The number of nitrogens with two attached hydrogens (primary N) is 1. The van der Waals surface area contributed by atoms with Crippen LogP contribution in [0.25, 0.3) is 11.1 Å². The molecule has 0 atom stereocenters. The van der Waals surface area contributed by atoms with E-state index in [9.17, 15) is 0 Å². The lowest BCUT2D eigenvalue weighted by atomic mass is 10.3. The summed E-state index contributed by atoms with van der Waals surface area (Å²) in [6.45, 7) is 1.33. The minimum atomic E-state index is 0.337. The first-order chi connectivity index (χ1) is 7.29. The summed E-state index contributed by atoms with van der Waals surface area (Å²) in [6, 6.07) is 5.31. The molecule has 80 valence electrons. The van der Waals surface area contributed by atoms with Gasteiger partial charge in [0.2, 0.25) is 5.89 Å². The number of rotatable bonds is 4. The molecule has 0 saturated carbocycles. The van der Waals surface area contributed by atoms with Crippen molar-refractivity contribution in [1.82, 2.24) is 4.98 Å². The Kier molecular flexibility index (Phi) is 3.20. The normalized spacial score (nSPS) is 11.1. The van der Waals surface area contributed by atoms with Crippen LogP contribution in [0.15, 0.2) is 22.6 Å². The first-order valence-corrected chi connectivity index (χ1v) is 5.00. The Morgan fingerprint density at radius 3 is 3.13 bits per heavy atom. The number of hydrogen-bond acceptors (Lipinski definition) is 4. The molecule has 0 radical (unpaired) electrons. The molecule has 1 aromatic heterocycles. The predicted octanol–water partition coefficient (Wildman–Crippen LogP) is 1.96. The molecule has 2 rings (SSSR count). The minimum Gasteiger partial charge on any atom is -0.438 e. The molecule has 1 heterocycles. The van der Waals surface area contributed by atoms with Crippen LogP contribution in [0.3, 0.4) is 0 Å². The van der Waals surface area contributed by atoms with Crippen LogP contribution in [-0.2, 0) is 11.3 Å². The van der Waals surface area contributed by atoms with E-state index in [1.165, 1.54) is 0 Å².